The highest BCUT2D eigenvalue weighted by Crippen LogP contribution is 2.30. The van der Waals surface area contributed by atoms with Crippen molar-refractivity contribution >= 4 is 16.9 Å². The van der Waals surface area contributed by atoms with E-state index in [1.807, 2.05) is 0 Å². The molecule has 0 atom stereocenters. The molecule has 1 aromatic carbocycles. The maximum absolute atomic E-state index is 12.5. The van der Waals surface area contributed by atoms with Crippen LogP contribution < -0.4 is 5.84 Å². The van der Waals surface area contributed by atoms with Gasteiger partial charge in [-0.3, -0.25) is 9.66 Å². The molecule has 118 valence electrons. The Morgan fingerprint density at radius 1 is 1.17 bits per heavy atom. The van der Waals surface area contributed by atoms with Crippen LogP contribution in [0, 0.1) is 0 Å². The zero-order valence-corrected chi connectivity index (χ0v) is 11.5. The largest absolute Gasteiger partial charge is 0.477 e. The lowest BCUT2D eigenvalue weighted by Gasteiger charge is -2.07. The molecule has 2 aromatic heterocycles. The number of nitrogen functional groups attached to an aromatic ring is 1. The quantitative estimate of drug-likeness (QED) is 0.711. The molecule has 0 unspecified atom stereocenters. The van der Waals surface area contributed by atoms with Crippen molar-refractivity contribution in [1.82, 2.24) is 9.66 Å². The number of nitrogens with zero attached hydrogens (tertiary/aromatic N) is 2. The van der Waals surface area contributed by atoms with E-state index in [0.29, 0.717) is 22.2 Å². The SMILES string of the molecule is Nn1c(C(=O)O)cc2cc(-c3ccc(C(F)(F)F)cn3)ccc21. The number of hydrogen-bond donors (Lipinski definition) is 2. The number of fused-ring (bicyclic) bond motifs is 1. The molecule has 0 amide bonds. The zero-order valence-electron chi connectivity index (χ0n) is 11.5. The van der Waals surface area contributed by atoms with E-state index in [0.717, 1.165) is 16.9 Å². The molecule has 23 heavy (non-hydrogen) atoms. The average Bonchev–Trinajstić information content (AvgIpc) is 2.83. The molecule has 0 aliphatic rings. The van der Waals surface area contributed by atoms with Crippen molar-refractivity contribution in [2.75, 3.05) is 5.84 Å². The van der Waals surface area contributed by atoms with Gasteiger partial charge >= 0.3 is 12.1 Å². The van der Waals surface area contributed by atoms with Crippen molar-refractivity contribution in [3.8, 4) is 11.3 Å². The molecule has 3 aromatic rings. The minimum Gasteiger partial charge on any atom is -0.477 e. The first kappa shape index (κ1) is 14.9. The topological polar surface area (TPSA) is 81.1 Å². The first-order chi connectivity index (χ1) is 10.8. The van der Waals surface area contributed by atoms with Gasteiger partial charge in [0, 0.05) is 17.1 Å². The van der Waals surface area contributed by atoms with Crippen LogP contribution in [-0.4, -0.2) is 20.7 Å². The Hall–Kier alpha value is -3.03. The number of hydrogen-bond acceptors (Lipinski definition) is 3. The van der Waals surface area contributed by atoms with Crippen LogP contribution in [-0.2, 0) is 6.18 Å². The summed E-state index contributed by atoms with van der Waals surface area (Å²) in [5.41, 5.74) is 0.495. The Bertz CT molecular complexity index is 899. The Kier molecular flexibility index (Phi) is 3.24. The molecule has 3 rings (SSSR count). The van der Waals surface area contributed by atoms with Gasteiger partial charge in [0.05, 0.1) is 16.8 Å². The van der Waals surface area contributed by atoms with Gasteiger partial charge in [0.25, 0.3) is 0 Å². The summed E-state index contributed by atoms with van der Waals surface area (Å²) >= 11 is 0. The van der Waals surface area contributed by atoms with E-state index in [4.69, 9.17) is 10.9 Å². The second-order valence-corrected chi connectivity index (χ2v) is 4.91. The minimum absolute atomic E-state index is 0.0856. The van der Waals surface area contributed by atoms with Crippen LogP contribution in [0.5, 0.6) is 0 Å². The summed E-state index contributed by atoms with van der Waals surface area (Å²) in [5, 5.41) is 9.60. The highest BCUT2D eigenvalue weighted by molar-refractivity contribution is 5.96. The van der Waals surface area contributed by atoms with Crippen molar-refractivity contribution in [2.24, 2.45) is 0 Å². The number of alkyl halides is 3. The van der Waals surface area contributed by atoms with Gasteiger partial charge in [-0.05, 0) is 30.3 Å². The number of aromatic nitrogens is 2. The summed E-state index contributed by atoms with van der Waals surface area (Å²) in [6.07, 6.45) is -3.68. The number of carboxylic acid groups (broad SMARTS) is 1. The standard InChI is InChI=1S/C15H10F3N3O2/c16-15(17,18)10-2-3-11(20-7-10)8-1-4-12-9(5-8)6-13(14(22)23)21(12)19/h1-7H,19H2,(H,22,23). The monoisotopic (exact) mass is 321 g/mol. The number of aromatic carboxylic acids is 1. The van der Waals surface area contributed by atoms with Gasteiger partial charge in [-0.15, -0.1) is 0 Å². The third-order valence-electron chi connectivity index (χ3n) is 3.44. The van der Waals surface area contributed by atoms with E-state index in [1.54, 1.807) is 18.2 Å². The summed E-state index contributed by atoms with van der Waals surface area (Å²) in [7, 11) is 0. The van der Waals surface area contributed by atoms with Crippen molar-refractivity contribution in [1.29, 1.82) is 0 Å². The number of carbonyl (C=O) groups is 1. The van der Waals surface area contributed by atoms with Crippen LogP contribution >= 0.6 is 0 Å². The zero-order chi connectivity index (χ0) is 16.8. The van der Waals surface area contributed by atoms with E-state index in [1.165, 1.54) is 12.1 Å². The second kappa shape index (κ2) is 5.01. The average molecular weight is 321 g/mol. The molecule has 3 N–H and O–H groups in total. The lowest BCUT2D eigenvalue weighted by atomic mass is 10.1. The maximum Gasteiger partial charge on any atom is 0.417 e. The van der Waals surface area contributed by atoms with Gasteiger partial charge in [0.2, 0.25) is 0 Å². The van der Waals surface area contributed by atoms with Crippen LogP contribution in [0.25, 0.3) is 22.2 Å². The summed E-state index contributed by atoms with van der Waals surface area (Å²) < 4.78 is 38.7. The molecule has 0 fully saturated rings. The summed E-state index contributed by atoms with van der Waals surface area (Å²) in [6.45, 7) is 0. The van der Waals surface area contributed by atoms with E-state index in [2.05, 4.69) is 4.98 Å². The molecule has 0 spiro atoms. The summed E-state index contributed by atoms with van der Waals surface area (Å²) in [6, 6.07) is 8.44. The number of rotatable bonds is 2. The molecule has 8 heteroatoms. The van der Waals surface area contributed by atoms with E-state index >= 15 is 0 Å². The number of carboxylic acids is 1. The molecule has 0 aliphatic heterocycles. The van der Waals surface area contributed by atoms with Crippen molar-refractivity contribution in [2.45, 2.75) is 6.18 Å². The Morgan fingerprint density at radius 2 is 1.91 bits per heavy atom. The van der Waals surface area contributed by atoms with E-state index in [-0.39, 0.29) is 5.69 Å². The molecule has 0 saturated heterocycles. The Balaban J connectivity index is 2.05. The van der Waals surface area contributed by atoms with E-state index in [9.17, 15) is 18.0 Å². The predicted molar refractivity (Wildman–Crippen MR) is 77.3 cm³/mol. The molecule has 0 radical (unpaired) electrons. The molecule has 5 nitrogen and oxygen atoms in total. The normalized spacial score (nSPS) is 11.8. The maximum atomic E-state index is 12.5. The van der Waals surface area contributed by atoms with Crippen molar-refractivity contribution in [3.05, 3.63) is 53.9 Å². The van der Waals surface area contributed by atoms with Crippen LogP contribution in [0.1, 0.15) is 16.1 Å². The minimum atomic E-state index is -4.44. The van der Waals surface area contributed by atoms with Gasteiger partial charge in [0.1, 0.15) is 5.69 Å². The number of halogens is 3. The third kappa shape index (κ3) is 2.59. The Morgan fingerprint density at radius 3 is 2.48 bits per heavy atom. The van der Waals surface area contributed by atoms with Gasteiger partial charge in [0.15, 0.2) is 0 Å². The number of nitrogens with two attached hydrogens (primary N) is 1. The van der Waals surface area contributed by atoms with E-state index < -0.39 is 17.7 Å². The molecule has 2 heterocycles. The fraction of sp³-hybridized carbons (Fsp3) is 0.0667. The number of benzene rings is 1. The molecular weight excluding hydrogens is 311 g/mol. The van der Waals surface area contributed by atoms with Gasteiger partial charge in [-0.25, -0.2) is 4.79 Å². The fourth-order valence-electron chi connectivity index (χ4n) is 2.29. The van der Waals surface area contributed by atoms with Crippen LogP contribution in [0.2, 0.25) is 0 Å². The predicted octanol–water partition coefficient (Wildman–Crippen LogP) is 3.13. The first-order valence-electron chi connectivity index (χ1n) is 6.45. The summed E-state index contributed by atoms with van der Waals surface area (Å²) in [5.74, 6) is 4.52. The highest BCUT2D eigenvalue weighted by atomic mass is 19.4. The van der Waals surface area contributed by atoms with Crippen molar-refractivity contribution < 1.29 is 23.1 Å². The molecule has 0 saturated carbocycles. The van der Waals surface area contributed by atoms with Crippen molar-refractivity contribution in [3.63, 3.8) is 0 Å². The Labute approximate surface area is 127 Å². The van der Waals surface area contributed by atoms with Gasteiger partial charge in [-0.2, -0.15) is 13.2 Å². The smallest absolute Gasteiger partial charge is 0.417 e. The number of pyridine rings is 1. The highest BCUT2D eigenvalue weighted by Gasteiger charge is 2.30. The fourth-order valence-corrected chi connectivity index (χ4v) is 2.29. The van der Waals surface area contributed by atoms with Crippen LogP contribution in [0.15, 0.2) is 42.6 Å². The second-order valence-electron chi connectivity index (χ2n) is 4.91. The molecule has 0 bridgehead atoms. The van der Waals surface area contributed by atoms with Gasteiger partial charge < -0.3 is 10.9 Å². The van der Waals surface area contributed by atoms with Gasteiger partial charge in [-0.1, -0.05) is 6.07 Å². The third-order valence-corrected chi connectivity index (χ3v) is 3.44. The summed E-state index contributed by atoms with van der Waals surface area (Å²) in [4.78, 5) is 14.9. The van der Waals surface area contributed by atoms with Crippen LogP contribution in [0.3, 0.4) is 0 Å². The first-order valence-corrected chi connectivity index (χ1v) is 6.45. The lowest BCUT2D eigenvalue weighted by molar-refractivity contribution is -0.137. The molecular formula is C15H10F3N3O2. The molecule has 0 aliphatic carbocycles. The lowest BCUT2D eigenvalue weighted by Crippen LogP contribution is -2.15. The van der Waals surface area contributed by atoms with Crippen LogP contribution in [0.4, 0.5) is 13.2 Å².